The monoisotopic (exact) mass is 222 g/mol. The van der Waals surface area contributed by atoms with Crippen molar-refractivity contribution in [2.45, 2.75) is 38.4 Å². The molecular weight excluding hydrogens is 204 g/mol. The summed E-state index contributed by atoms with van der Waals surface area (Å²) in [6.45, 7) is 3.69. The second kappa shape index (κ2) is 4.07. The molecule has 2 rings (SSSR count). The summed E-state index contributed by atoms with van der Waals surface area (Å²) >= 11 is 0. The van der Waals surface area contributed by atoms with Gasteiger partial charge in [0.25, 0.3) is 0 Å². The van der Waals surface area contributed by atoms with Crippen LogP contribution in [0.5, 0.6) is 5.75 Å². The van der Waals surface area contributed by atoms with Crippen LogP contribution in [0.15, 0.2) is 18.2 Å². The molecule has 3 nitrogen and oxygen atoms in total. The Balaban J connectivity index is 2.17. The van der Waals surface area contributed by atoms with Gasteiger partial charge in [0.1, 0.15) is 12.4 Å². The zero-order valence-corrected chi connectivity index (χ0v) is 9.73. The molecule has 0 saturated heterocycles. The summed E-state index contributed by atoms with van der Waals surface area (Å²) in [4.78, 5) is 0. The number of hydrogen-bond donors (Lipinski definition) is 2. The van der Waals surface area contributed by atoms with Crippen LogP contribution < -0.4 is 4.74 Å². The van der Waals surface area contributed by atoms with Gasteiger partial charge in [-0.25, -0.2) is 0 Å². The van der Waals surface area contributed by atoms with Gasteiger partial charge < -0.3 is 14.9 Å². The van der Waals surface area contributed by atoms with Gasteiger partial charge in [-0.3, -0.25) is 0 Å². The van der Waals surface area contributed by atoms with Crippen molar-refractivity contribution in [3.8, 4) is 5.75 Å². The molecule has 1 aromatic carbocycles. The molecule has 0 aliphatic heterocycles. The van der Waals surface area contributed by atoms with E-state index in [-0.39, 0.29) is 12.7 Å². The number of aliphatic hydroxyl groups is 2. The first-order valence-electron chi connectivity index (χ1n) is 5.62. The number of ether oxygens (including phenoxy) is 1. The lowest BCUT2D eigenvalue weighted by molar-refractivity contribution is 0.0282. The van der Waals surface area contributed by atoms with Gasteiger partial charge in [-0.1, -0.05) is 12.1 Å². The molecule has 16 heavy (non-hydrogen) atoms. The van der Waals surface area contributed by atoms with E-state index in [1.54, 1.807) is 13.8 Å². The van der Waals surface area contributed by atoms with Crippen LogP contribution in [0.1, 0.15) is 37.5 Å². The first kappa shape index (κ1) is 11.4. The van der Waals surface area contributed by atoms with Gasteiger partial charge in [0.2, 0.25) is 0 Å². The summed E-state index contributed by atoms with van der Waals surface area (Å²) in [7, 11) is 0. The highest BCUT2D eigenvalue weighted by atomic mass is 16.5. The van der Waals surface area contributed by atoms with E-state index in [4.69, 9.17) is 4.74 Å². The molecule has 0 spiro atoms. The topological polar surface area (TPSA) is 49.7 Å². The van der Waals surface area contributed by atoms with E-state index in [1.807, 2.05) is 18.2 Å². The van der Waals surface area contributed by atoms with E-state index in [9.17, 15) is 10.2 Å². The maximum Gasteiger partial charge on any atom is 0.123 e. The Hall–Kier alpha value is -1.06. The third-order valence-electron chi connectivity index (χ3n) is 2.78. The second-order valence-electron chi connectivity index (χ2n) is 4.98. The summed E-state index contributed by atoms with van der Waals surface area (Å²) in [5.74, 6) is 0.788. The van der Waals surface area contributed by atoms with Crippen LogP contribution in [-0.2, 0) is 6.42 Å². The summed E-state index contributed by atoms with van der Waals surface area (Å²) in [6.07, 6.45) is 1.25. The molecule has 0 radical (unpaired) electrons. The lowest BCUT2D eigenvalue weighted by atomic mass is 10.1. The van der Waals surface area contributed by atoms with Crippen molar-refractivity contribution in [3.63, 3.8) is 0 Å². The molecule has 1 atom stereocenters. The highest BCUT2D eigenvalue weighted by Crippen LogP contribution is 2.36. The SMILES string of the molecule is CC(C)(O)COc1cccc2c1CCC2O. The van der Waals surface area contributed by atoms with Crippen molar-refractivity contribution >= 4 is 0 Å². The lowest BCUT2D eigenvalue weighted by Gasteiger charge is -2.19. The first-order chi connectivity index (χ1) is 7.47. The van der Waals surface area contributed by atoms with E-state index in [0.717, 1.165) is 29.7 Å². The van der Waals surface area contributed by atoms with Gasteiger partial charge in [-0.15, -0.1) is 0 Å². The minimum absolute atomic E-state index is 0.263. The van der Waals surface area contributed by atoms with E-state index in [2.05, 4.69) is 0 Å². The molecule has 1 unspecified atom stereocenters. The zero-order valence-electron chi connectivity index (χ0n) is 9.73. The molecule has 1 aromatic rings. The third-order valence-corrected chi connectivity index (χ3v) is 2.78. The van der Waals surface area contributed by atoms with Crippen molar-refractivity contribution in [1.82, 2.24) is 0 Å². The standard InChI is InChI=1S/C13H18O3/c1-13(2,15)8-16-12-5-3-4-9-10(12)6-7-11(9)14/h3-5,11,14-15H,6-8H2,1-2H3. The zero-order chi connectivity index (χ0) is 11.8. The molecule has 0 fully saturated rings. The molecule has 3 heteroatoms. The fraction of sp³-hybridized carbons (Fsp3) is 0.538. The maximum absolute atomic E-state index is 9.73. The van der Waals surface area contributed by atoms with Crippen molar-refractivity contribution < 1.29 is 14.9 Å². The fourth-order valence-corrected chi connectivity index (χ4v) is 1.99. The predicted octanol–water partition coefficient (Wildman–Crippen LogP) is 1.82. The highest BCUT2D eigenvalue weighted by Gasteiger charge is 2.24. The Labute approximate surface area is 95.7 Å². The average Bonchev–Trinajstić information content (AvgIpc) is 2.57. The Kier molecular flexibility index (Phi) is 2.91. The van der Waals surface area contributed by atoms with Crippen molar-refractivity contribution in [1.29, 1.82) is 0 Å². The van der Waals surface area contributed by atoms with Crippen LogP contribution in [0.2, 0.25) is 0 Å². The average molecular weight is 222 g/mol. The molecule has 0 bridgehead atoms. The van der Waals surface area contributed by atoms with Crippen molar-refractivity contribution in [3.05, 3.63) is 29.3 Å². The van der Waals surface area contributed by atoms with E-state index >= 15 is 0 Å². The number of aliphatic hydroxyl groups excluding tert-OH is 1. The van der Waals surface area contributed by atoms with Crippen LogP contribution >= 0.6 is 0 Å². The van der Waals surface area contributed by atoms with Crippen LogP contribution in [0.25, 0.3) is 0 Å². The van der Waals surface area contributed by atoms with Gasteiger partial charge in [-0.2, -0.15) is 0 Å². The summed E-state index contributed by atoms with van der Waals surface area (Å²) in [6, 6.07) is 5.71. The molecule has 0 heterocycles. The van der Waals surface area contributed by atoms with E-state index in [1.165, 1.54) is 0 Å². The van der Waals surface area contributed by atoms with Gasteiger partial charge in [-0.05, 0) is 38.3 Å². The highest BCUT2D eigenvalue weighted by molar-refractivity contribution is 5.44. The number of rotatable bonds is 3. The minimum Gasteiger partial charge on any atom is -0.490 e. The minimum atomic E-state index is -0.833. The molecule has 88 valence electrons. The molecule has 0 amide bonds. The third kappa shape index (κ3) is 2.36. The van der Waals surface area contributed by atoms with Gasteiger partial charge in [0.15, 0.2) is 0 Å². The maximum atomic E-state index is 9.73. The van der Waals surface area contributed by atoms with Gasteiger partial charge in [0, 0.05) is 5.56 Å². The predicted molar refractivity (Wildman–Crippen MR) is 61.5 cm³/mol. The second-order valence-corrected chi connectivity index (χ2v) is 4.98. The number of benzene rings is 1. The Morgan fingerprint density at radius 2 is 2.19 bits per heavy atom. The van der Waals surface area contributed by atoms with Gasteiger partial charge in [0.05, 0.1) is 11.7 Å². The first-order valence-corrected chi connectivity index (χ1v) is 5.62. The summed E-state index contributed by atoms with van der Waals surface area (Å²) in [5.41, 5.74) is 1.22. The molecule has 2 N–H and O–H groups in total. The van der Waals surface area contributed by atoms with E-state index < -0.39 is 5.60 Å². The Morgan fingerprint density at radius 1 is 1.44 bits per heavy atom. The normalized spacial score (nSPS) is 19.6. The lowest BCUT2D eigenvalue weighted by Crippen LogP contribution is -2.28. The fourth-order valence-electron chi connectivity index (χ4n) is 1.99. The Morgan fingerprint density at radius 3 is 2.88 bits per heavy atom. The van der Waals surface area contributed by atoms with Crippen LogP contribution in [-0.4, -0.2) is 22.4 Å². The molecule has 0 saturated carbocycles. The molecular formula is C13H18O3. The van der Waals surface area contributed by atoms with Crippen LogP contribution in [0.3, 0.4) is 0 Å². The summed E-state index contributed by atoms with van der Waals surface area (Å²) in [5, 5.41) is 19.3. The van der Waals surface area contributed by atoms with Crippen LogP contribution in [0.4, 0.5) is 0 Å². The van der Waals surface area contributed by atoms with Crippen molar-refractivity contribution in [2.24, 2.45) is 0 Å². The molecule has 1 aliphatic rings. The molecule has 1 aliphatic carbocycles. The smallest absolute Gasteiger partial charge is 0.123 e. The quantitative estimate of drug-likeness (QED) is 0.820. The largest absolute Gasteiger partial charge is 0.490 e. The number of hydrogen-bond acceptors (Lipinski definition) is 3. The van der Waals surface area contributed by atoms with Gasteiger partial charge >= 0.3 is 0 Å². The van der Waals surface area contributed by atoms with Crippen LogP contribution in [0, 0.1) is 0 Å². The molecule has 0 aromatic heterocycles. The Bertz CT molecular complexity index is 379. The summed E-state index contributed by atoms with van der Waals surface area (Å²) < 4.78 is 5.60. The number of fused-ring (bicyclic) bond motifs is 1. The van der Waals surface area contributed by atoms with E-state index in [0.29, 0.717) is 0 Å². The van der Waals surface area contributed by atoms with Crippen molar-refractivity contribution in [2.75, 3.05) is 6.61 Å².